The summed E-state index contributed by atoms with van der Waals surface area (Å²) in [4.78, 5) is 29.7. The van der Waals surface area contributed by atoms with Crippen molar-refractivity contribution >= 4 is 35.0 Å². The molecule has 3 N–H and O–H groups in total. The van der Waals surface area contributed by atoms with Crippen LogP contribution in [0.3, 0.4) is 0 Å². The molecule has 0 radical (unpaired) electrons. The molecule has 8 nitrogen and oxygen atoms in total. The second-order valence-corrected chi connectivity index (χ2v) is 11.3. The fraction of sp³-hybridized carbons (Fsp3) is 0.375. The van der Waals surface area contributed by atoms with Gasteiger partial charge in [0.2, 0.25) is 5.91 Å². The van der Waals surface area contributed by atoms with Crippen molar-refractivity contribution in [2.24, 2.45) is 0 Å². The van der Waals surface area contributed by atoms with Gasteiger partial charge in [0.1, 0.15) is 5.75 Å². The van der Waals surface area contributed by atoms with E-state index < -0.39 is 11.6 Å². The highest BCUT2D eigenvalue weighted by Gasteiger charge is 2.47. The topological polar surface area (TPSA) is 102 Å². The van der Waals surface area contributed by atoms with Gasteiger partial charge in [0.05, 0.1) is 35.7 Å². The van der Waals surface area contributed by atoms with Gasteiger partial charge < -0.3 is 25.2 Å². The van der Waals surface area contributed by atoms with E-state index >= 15 is 0 Å². The number of carboxylic acid groups (broad SMARTS) is 1. The largest absolute Gasteiger partial charge is 0.496 e. The third kappa shape index (κ3) is 6.20. The zero-order valence-corrected chi connectivity index (χ0v) is 24.0. The number of aliphatic hydroxyl groups is 1. The number of benzene rings is 3. The molecule has 3 saturated heterocycles. The number of hydrogen-bond acceptors (Lipinski definition) is 5. The van der Waals surface area contributed by atoms with Gasteiger partial charge in [-0.15, -0.1) is 0 Å². The Morgan fingerprint density at radius 3 is 2.39 bits per heavy atom. The Morgan fingerprint density at radius 2 is 1.76 bits per heavy atom. The van der Waals surface area contributed by atoms with E-state index in [1.807, 2.05) is 48.5 Å². The second-order valence-electron chi connectivity index (χ2n) is 10.9. The zero-order chi connectivity index (χ0) is 29.0. The van der Waals surface area contributed by atoms with Gasteiger partial charge >= 0.3 is 6.09 Å². The number of nitrogens with one attached hydrogen (secondary N) is 1. The third-order valence-electron chi connectivity index (χ3n) is 8.42. The quantitative estimate of drug-likeness (QED) is 0.265. The van der Waals surface area contributed by atoms with Crippen molar-refractivity contribution in [3.63, 3.8) is 0 Å². The van der Waals surface area contributed by atoms with E-state index in [2.05, 4.69) is 10.2 Å². The molecule has 0 aliphatic carbocycles. The average molecular weight is 578 g/mol. The molecule has 41 heavy (non-hydrogen) atoms. The summed E-state index contributed by atoms with van der Waals surface area (Å²) < 4.78 is 5.28. The first kappa shape index (κ1) is 28.9. The van der Waals surface area contributed by atoms with Gasteiger partial charge in [-0.2, -0.15) is 0 Å². The van der Waals surface area contributed by atoms with Gasteiger partial charge in [-0.1, -0.05) is 54.1 Å². The lowest BCUT2D eigenvalue weighted by Crippen LogP contribution is -2.62. The molecule has 3 heterocycles. The van der Waals surface area contributed by atoms with Crippen LogP contribution in [0.1, 0.15) is 43.2 Å². The lowest BCUT2D eigenvalue weighted by atomic mass is 9.78. The maximum absolute atomic E-state index is 12.9. The number of anilines is 2. The number of carbonyl (C=O) groups is 2. The summed E-state index contributed by atoms with van der Waals surface area (Å²) in [6, 6.07) is 19.1. The van der Waals surface area contributed by atoms with E-state index in [0.29, 0.717) is 40.6 Å². The van der Waals surface area contributed by atoms with Crippen LogP contribution in [0.4, 0.5) is 16.2 Å². The molecule has 6 rings (SSSR count). The van der Waals surface area contributed by atoms with Gasteiger partial charge in [0, 0.05) is 43.2 Å². The fourth-order valence-electron chi connectivity index (χ4n) is 6.16. The van der Waals surface area contributed by atoms with Crippen LogP contribution in [0.15, 0.2) is 60.7 Å². The molecular weight excluding hydrogens is 542 g/mol. The van der Waals surface area contributed by atoms with Crippen molar-refractivity contribution in [3.8, 4) is 16.9 Å². The molecule has 3 aromatic rings. The molecule has 2 bridgehead atoms. The summed E-state index contributed by atoms with van der Waals surface area (Å²) in [6.07, 6.45) is 3.00. The van der Waals surface area contributed by atoms with Crippen molar-refractivity contribution in [1.82, 2.24) is 4.90 Å². The van der Waals surface area contributed by atoms with E-state index in [1.165, 1.54) is 7.11 Å². The predicted octanol–water partition coefficient (Wildman–Crippen LogP) is 6.19. The van der Waals surface area contributed by atoms with Gasteiger partial charge in [-0.3, -0.25) is 9.69 Å². The number of hydrogen-bond donors (Lipinski definition) is 3. The second kappa shape index (κ2) is 12.5. The van der Waals surface area contributed by atoms with E-state index in [9.17, 15) is 19.8 Å². The summed E-state index contributed by atoms with van der Waals surface area (Å²) in [6.45, 7) is 2.52. The number of nitrogens with zero attached hydrogens (tertiary/aromatic N) is 2. The van der Waals surface area contributed by atoms with Crippen molar-refractivity contribution < 1.29 is 24.5 Å². The van der Waals surface area contributed by atoms with E-state index in [-0.39, 0.29) is 18.9 Å². The van der Waals surface area contributed by atoms with Crippen LogP contribution in [0.5, 0.6) is 5.75 Å². The molecule has 216 valence electrons. The number of methoxy groups -OCH3 is 1. The average Bonchev–Trinajstić information content (AvgIpc) is 2.99. The summed E-state index contributed by atoms with van der Waals surface area (Å²) in [7, 11) is 1.49. The molecule has 0 aromatic heterocycles. The van der Waals surface area contributed by atoms with Crippen LogP contribution in [-0.4, -0.2) is 59.4 Å². The predicted molar refractivity (Wildman–Crippen MR) is 161 cm³/mol. The van der Waals surface area contributed by atoms with Crippen LogP contribution in [0.2, 0.25) is 5.02 Å². The molecule has 0 atom stereocenters. The zero-order valence-electron chi connectivity index (χ0n) is 23.2. The monoisotopic (exact) mass is 577 g/mol. The first-order chi connectivity index (χ1) is 19.8. The minimum Gasteiger partial charge on any atom is -0.496 e. The third-order valence-corrected chi connectivity index (χ3v) is 8.73. The summed E-state index contributed by atoms with van der Waals surface area (Å²) in [5.74, 6) is 0.260. The van der Waals surface area contributed by atoms with Gasteiger partial charge in [-0.25, -0.2) is 4.79 Å². The van der Waals surface area contributed by atoms with Gasteiger partial charge in [-0.05, 0) is 55.4 Å². The Hall–Kier alpha value is -3.59. The van der Waals surface area contributed by atoms with E-state index in [0.717, 1.165) is 55.6 Å². The maximum Gasteiger partial charge on any atom is 0.412 e. The Labute approximate surface area is 245 Å². The van der Waals surface area contributed by atoms with Crippen LogP contribution >= 0.6 is 11.6 Å². The van der Waals surface area contributed by atoms with Crippen LogP contribution in [0.25, 0.3) is 11.1 Å². The van der Waals surface area contributed by atoms with Crippen molar-refractivity contribution in [1.29, 1.82) is 0 Å². The van der Waals surface area contributed by atoms with Crippen LogP contribution in [-0.2, 0) is 17.8 Å². The van der Waals surface area contributed by atoms with Crippen molar-refractivity contribution in [2.45, 2.75) is 50.7 Å². The molecule has 3 aliphatic rings. The number of ether oxygens (including phenoxy) is 1. The number of amides is 2. The lowest BCUT2D eigenvalue weighted by Gasteiger charge is -2.53. The number of piperidine rings is 3. The van der Waals surface area contributed by atoms with Gasteiger partial charge in [0.25, 0.3) is 0 Å². The number of aliphatic hydroxyl groups excluding tert-OH is 1. The Balaban J connectivity index is 1.35. The minimum atomic E-state index is -0.923. The SMILES string of the molecule is COc1cc(NC(=O)CCCc2ccc(-c3ccccc3)c(N(C(=O)O)C34CCN(CC3)CC4)c2)c(Cl)cc1CO. The molecule has 3 aromatic carbocycles. The Kier molecular flexibility index (Phi) is 8.82. The first-order valence-corrected chi connectivity index (χ1v) is 14.4. The summed E-state index contributed by atoms with van der Waals surface area (Å²) in [5.41, 5.74) is 4.12. The molecule has 2 amide bonds. The van der Waals surface area contributed by atoms with Gasteiger partial charge in [0.15, 0.2) is 0 Å². The summed E-state index contributed by atoms with van der Waals surface area (Å²) in [5, 5.41) is 23.2. The molecule has 9 heteroatoms. The van der Waals surface area contributed by atoms with Crippen molar-refractivity contribution in [3.05, 3.63) is 76.8 Å². The molecule has 0 spiro atoms. The van der Waals surface area contributed by atoms with Crippen LogP contribution < -0.4 is 15.0 Å². The van der Waals surface area contributed by atoms with Crippen molar-refractivity contribution in [2.75, 3.05) is 37.0 Å². The van der Waals surface area contributed by atoms with E-state index in [4.69, 9.17) is 16.3 Å². The maximum atomic E-state index is 12.9. The number of aryl methyl sites for hydroxylation is 1. The smallest absolute Gasteiger partial charge is 0.412 e. The fourth-order valence-corrected chi connectivity index (χ4v) is 6.39. The lowest BCUT2D eigenvalue weighted by molar-refractivity contribution is -0.116. The number of halogens is 1. The minimum absolute atomic E-state index is 0.188. The standard InChI is InChI=1S/C32H36ClN3O5/c1-41-29-20-27(26(33)19-24(29)21-37)34-30(38)9-5-6-22-10-11-25(23-7-3-2-4-8-23)28(18-22)36(31(39)40)32-12-15-35(16-13-32)17-14-32/h2-4,7-8,10-11,18-20,37H,5-6,9,12-17,21H2,1H3,(H,34,38)(H,39,40). The first-order valence-electron chi connectivity index (χ1n) is 14.0. The highest BCUT2D eigenvalue weighted by Crippen LogP contribution is 2.44. The molecule has 3 fully saturated rings. The highest BCUT2D eigenvalue weighted by molar-refractivity contribution is 6.33. The number of rotatable bonds is 10. The van der Waals surface area contributed by atoms with E-state index in [1.54, 1.807) is 17.0 Å². The highest BCUT2D eigenvalue weighted by atomic mass is 35.5. The summed E-state index contributed by atoms with van der Waals surface area (Å²) >= 11 is 6.30. The number of fused-ring (bicyclic) bond motifs is 3. The Morgan fingerprint density at radius 1 is 1.05 bits per heavy atom. The molecule has 3 aliphatic heterocycles. The molecular formula is C32H36ClN3O5. The molecule has 0 unspecified atom stereocenters. The normalized spacial score (nSPS) is 19.5. The Bertz CT molecular complexity index is 1390. The van der Waals surface area contributed by atoms with Crippen LogP contribution in [0, 0.1) is 0 Å². The number of carbonyl (C=O) groups excluding carboxylic acids is 1. The molecule has 0 saturated carbocycles.